The monoisotopic (exact) mass is 471 g/mol. The van der Waals surface area contributed by atoms with Crippen molar-refractivity contribution in [2.45, 2.75) is 13.8 Å². The first-order chi connectivity index (χ1) is 16.5. The van der Waals surface area contributed by atoms with Gasteiger partial charge in [0.2, 0.25) is 0 Å². The van der Waals surface area contributed by atoms with Crippen molar-refractivity contribution in [1.82, 2.24) is 0 Å². The minimum absolute atomic E-state index is 0.176. The SMILES string of the molecule is CCOC(=O)c1c(-c2ccc(C)cc2)csc1NC(=O)COc1ccc(-c2ccccc2)cc1. The van der Waals surface area contributed by atoms with Gasteiger partial charge >= 0.3 is 5.97 Å². The third-order valence-corrected chi connectivity index (χ3v) is 6.11. The number of hydrogen-bond donors (Lipinski definition) is 1. The van der Waals surface area contributed by atoms with Gasteiger partial charge in [-0.2, -0.15) is 0 Å². The number of thiophene rings is 1. The summed E-state index contributed by atoms with van der Waals surface area (Å²) in [7, 11) is 0. The van der Waals surface area contributed by atoms with E-state index in [1.54, 1.807) is 6.92 Å². The van der Waals surface area contributed by atoms with Gasteiger partial charge in [0.15, 0.2) is 6.61 Å². The zero-order valence-electron chi connectivity index (χ0n) is 19.0. The fourth-order valence-electron chi connectivity index (χ4n) is 3.49. The maximum atomic E-state index is 12.7. The van der Waals surface area contributed by atoms with Gasteiger partial charge in [-0.1, -0.05) is 72.3 Å². The highest BCUT2D eigenvalue weighted by molar-refractivity contribution is 7.15. The van der Waals surface area contributed by atoms with E-state index in [2.05, 4.69) is 5.32 Å². The Morgan fingerprint density at radius 1 is 0.853 bits per heavy atom. The van der Waals surface area contributed by atoms with Gasteiger partial charge in [0.05, 0.1) is 6.61 Å². The van der Waals surface area contributed by atoms with Gasteiger partial charge in [-0.05, 0) is 42.7 Å². The molecule has 0 spiro atoms. The van der Waals surface area contributed by atoms with Crippen LogP contribution in [0.3, 0.4) is 0 Å². The molecule has 0 atom stereocenters. The molecule has 1 heterocycles. The molecule has 0 saturated heterocycles. The summed E-state index contributed by atoms with van der Waals surface area (Å²) in [6.45, 7) is 3.83. The molecule has 0 aliphatic carbocycles. The van der Waals surface area contributed by atoms with Gasteiger partial charge in [-0.3, -0.25) is 4.79 Å². The predicted molar refractivity (Wildman–Crippen MR) is 136 cm³/mol. The van der Waals surface area contributed by atoms with Crippen LogP contribution in [-0.4, -0.2) is 25.1 Å². The quantitative estimate of drug-likeness (QED) is 0.295. The van der Waals surface area contributed by atoms with Crippen molar-refractivity contribution in [2.75, 3.05) is 18.5 Å². The molecule has 5 nitrogen and oxygen atoms in total. The molecule has 1 aromatic heterocycles. The van der Waals surface area contributed by atoms with E-state index in [0.717, 1.165) is 27.8 Å². The second kappa shape index (κ2) is 10.8. The largest absolute Gasteiger partial charge is 0.484 e. The number of nitrogens with one attached hydrogen (secondary N) is 1. The Kier molecular flexibility index (Phi) is 7.40. The average molecular weight is 472 g/mol. The maximum Gasteiger partial charge on any atom is 0.341 e. The van der Waals surface area contributed by atoms with Gasteiger partial charge in [0.25, 0.3) is 5.91 Å². The number of ether oxygens (including phenoxy) is 2. The second-order valence-electron chi connectivity index (χ2n) is 7.67. The predicted octanol–water partition coefficient (Wildman–Crippen LogP) is 6.58. The van der Waals surface area contributed by atoms with Crippen molar-refractivity contribution < 1.29 is 19.1 Å². The molecule has 3 aromatic carbocycles. The normalized spacial score (nSPS) is 10.5. The average Bonchev–Trinajstić information content (AvgIpc) is 3.27. The number of aryl methyl sites for hydroxylation is 1. The van der Waals surface area contributed by atoms with Crippen LogP contribution < -0.4 is 10.1 Å². The van der Waals surface area contributed by atoms with E-state index in [4.69, 9.17) is 9.47 Å². The van der Waals surface area contributed by atoms with Crippen LogP contribution in [0.25, 0.3) is 22.3 Å². The molecule has 172 valence electrons. The Labute approximate surface area is 203 Å². The summed E-state index contributed by atoms with van der Waals surface area (Å²) in [6.07, 6.45) is 0. The molecule has 34 heavy (non-hydrogen) atoms. The zero-order chi connectivity index (χ0) is 23.9. The van der Waals surface area contributed by atoms with Crippen LogP contribution in [0.4, 0.5) is 5.00 Å². The first-order valence-electron chi connectivity index (χ1n) is 11.0. The summed E-state index contributed by atoms with van der Waals surface area (Å²) in [6, 6.07) is 25.5. The van der Waals surface area contributed by atoms with E-state index in [-0.39, 0.29) is 19.1 Å². The third-order valence-electron chi connectivity index (χ3n) is 5.22. The van der Waals surface area contributed by atoms with Gasteiger partial charge < -0.3 is 14.8 Å². The molecule has 0 saturated carbocycles. The fraction of sp³-hybridized carbons (Fsp3) is 0.143. The lowest BCUT2D eigenvalue weighted by atomic mass is 10.0. The molecule has 0 aliphatic rings. The summed E-state index contributed by atoms with van der Waals surface area (Å²) in [5, 5.41) is 5.12. The van der Waals surface area contributed by atoms with Crippen molar-refractivity contribution in [3.63, 3.8) is 0 Å². The van der Waals surface area contributed by atoms with Crippen LogP contribution in [0.2, 0.25) is 0 Å². The number of rotatable bonds is 8. The van der Waals surface area contributed by atoms with Gasteiger partial charge in [-0.15, -0.1) is 11.3 Å². The van der Waals surface area contributed by atoms with Crippen molar-refractivity contribution in [1.29, 1.82) is 0 Å². The molecule has 6 heteroatoms. The maximum absolute atomic E-state index is 12.7. The van der Waals surface area contributed by atoms with Crippen LogP contribution >= 0.6 is 11.3 Å². The van der Waals surface area contributed by atoms with Crippen LogP contribution in [0.1, 0.15) is 22.8 Å². The molecule has 1 N–H and O–H groups in total. The van der Waals surface area contributed by atoms with E-state index in [1.807, 2.05) is 91.2 Å². The van der Waals surface area contributed by atoms with E-state index in [0.29, 0.717) is 16.3 Å². The molecular formula is C28H25NO4S. The topological polar surface area (TPSA) is 64.6 Å². The van der Waals surface area contributed by atoms with Crippen LogP contribution in [0.15, 0.2) is 84.2 Å². The number of hydrogen-bond acceptors (Lipinski definition) is 5. The lowest BCUT2D eigenvalue weighted by Gasteiger charge is -2.10. The van der Waals surface area contributed by atoms with Crippen molar-refractivity contribution >= 4 is 28.2 Å². The molecule has 1 amide bonds. The molecule has 0 aliphatic heterocycles. The number of amides is 1. The molecule has 4 aromatic rings. The first-order valence-corrected chi connectivity index (χ1v) is 11.9. The Morgan fingerprint density at radius 3 is 2.18 bits per heavy atom. The molecule has 0 fully saturated rings. The number of esters is 1. The van der Waals surface area contributed by atoms with E-state index < -0.39 is 5.97 Å². The summed E-state index contributed by atoms with van der Waals surface area (Å²) < 4.78 is 10.9. The highest BCUT2D eigenvalue weighted by atomic mass is 32.1. The number of benzene rings is 3. The van der Waals surface area contributed by atoms with Crippen LogP contribution in [-0.2, 0) is 9.53 Å². The first kappa shape index (κ1) is 23.3. The van der Waals surface area contributed by atoms with E-state index >= 15 is 0 Å². The molecule has 0 bridgehead atoms. The number of anilines is 1. The standard InChI is InChI=1S/C28H25NO4S/c1-3-32-28(31)26-24(22-11-9-19(2)10-12-22)18-34-27(26)29-25(30)17-33-23-15-13-21(14-16-23)20-7-5-4-6-8-20/h4-16,18H,3,17H2,1-2H3,(H,29,30). The van der Waals surface area contributed by atoms with Crippen molar-refractivity contribution in [2.24, 2.45) is 0 Å². The Balaban J connectivity index is 1.45. The highest BCUT2D eigenvalue weighted by Crippen LogP contribution is 2.36. The summed E-state index contributed by atoms with van der Waals surface area (Å²) in [5.41, 5.74) is 5.28. The van der Waals surface area contributed by atoms with Gasteiger partial charge in [0.1, 0.15) is 16.3 Å². The van der Waals surface area contributed by atoms with E-state index in [1.165, 1.54) is 11.3 Å². The minimum Gasteiger partial charge on any atom is -0.484 e. The summed E-state index contributed by atoms with van der Waals surface area (Å²) >= 11 is 1.29. The molecular weight excluding hydrogens is 446 g/mol. The van der Waals surface area contributed by atoms with Crippen molar-refractivity contribution in [3.8, 4) is 28.0 Å². The number of carbonyl (C=O) groups is 2. The lowest BCUT2D eigenvalue weighted by molar-refractivity contribution is -0.118. The van der Waals surface area contributed by atoms with Gasteiger partial charge in [0, 0.05) is 10.9 Å². The van der Waals surface area contributed by atoms with Crippen LogP contribution in [0, 0.1) is 6.92 Å². The Bertz CT molecular complexity index is 1260. The third kappa shape index (κ3) is 5.53. The smallest absolute Gasteiger partial charge is 0.341 e. The summed E-state index contributed by atoms with van der Waals surface area (Å²) in [4.78, 5) is 25.3. The summed E-state index contributed by atoms with van der Waals surface area (Å²) in [5.74, 6) is -0.228. The molecule has 0 unspecified atom stereocenters. The van der Waals surface area contributed by atoms with E-state index in [9.17, 15) is 9.59 Å². The zero-order valence-corrected chi connectivity index (χ0v) is 19.9. The van der Waals surface area contributed by atoms with Gasteiger partial charge in [-0.25, -0.2) is 4.79 Å². The Morgan fingerprint density at radius 2 is 1.50 bits per heavy atom. The second-order valence-corrected chi connectivity index (χ2v) is 8.55. The minimum atomic E-state index is -0.466. The van der Waals surface area contributed by atoms with Crippen LogP contribution in [0.5, 0.6) is 5.75 Å². The Hall–Kier alpha value is -3.90. The molecule has 0 radical (unpaired) electrons. The molecule has 4 rings (SSSR count). The van der Waals surface area contributed by atoms with Crippen molar-refractivity contribution in [3.05, 3.63) is 95.4 Å². The fourth-order valence-corrected chi connectivity index (χ4v) is 4.46. The highest BCUT2D eigenvalue weighted by Gasteiger charge is 2.23. The number of carbonyl (C=O) groups excluding carboxylic acids is 2. The lowest BCUT2D eigenvalue weighted by Crippen LogP contribution is -2.21.